The Morgan fingerprint density at radius 1 is 1.10 bits per heavy atom. The number of carbonyl (C=O) groups is 1. The molecule has 0 spiro atoms. The van der Waals surface area contributed by atoms with Crippen molar-refractivity contribution in [3.63, 3.8) is 0 Å². The zero-order valence-electron chi connectivity index (χ0n) is 15.7. The lowest BCUT2D eigenvalue weighted by molar-refractivity contribution is -0.143. The largest absolute Gasteiger partial charge is 0.434 e. The van der Waals surface area contributed by atoms with Gasteiger partial charge in [0, 0.05) is 4.47 Å². The van der Waals surface area contributed by atoms with Crippen LogP contribution in [0.25, 0.3) is 5.69 Å². The Morgan fingerprint density at radius 2 is 1.70 bits per heavy atom. The van der Waals surface area contributed by atoms with E-state index < -0.39 is 33.4 Å². The first kappa shape index (κ1) is 22.0. The van der Waals surface area contributed by atoms with Crippen molar-refractivity contribution in [1.29, 1.82) is 0 Å². The van der Waals surface area contributed by atoms with Crippen LogP contribution in [-0.4, -0.2) is 24.1 Å². The number of amides is 1. The van der Waals surface area contributed by atoms with E-state index in [0.29, 0.717) is 26.5 Å². The topological polar surface area (TPSA) is 81.1 Å². The lowest BCUT2D eigenvalue weighted by atomic mass is 10.1. The molecule has 0 atom stereocenters. The van der Waals surface area contributed by atoms with Crippen LogP contribution in [-0.2, 0) is 16.2 Å². The van der Waals surface area contributed by atoms with Gasteiger partial charge < -0.3 is 0 Å². The van der Waals surface area contributed by atoms with Crippen LogP contribution < -0.4 is 4.72 Å². The average molecular weight is 502 g/mol. The average Bonchev–Trinajstić information content (AvgIpc) is 3.06. The molecule has 158 valence electrons. The van der Waals surface area contributed by atoms with E-state index in [1.54, 1.807) is 42.8 Å². The number of alkyl halides is 3. The van der Waals surface area contributed by atoms with Gasteiger partial charge in [-0.25, -0.2) is 17.8 Å². The summed E-state index contributed by atoms with van der Waals surface area (Å²) in [5.74, 6) is -1.43. The van der Waals surface area contributed by atoms with Gasteiger partial charge in [0.2, 0.25) is 0 Å². The summed E-state index contributed by atoms with van der Waals surface area (Å²) in [6.07, 6.45) is -4.25. The highest BCUT2D eigenvalue weighted by atomic mass is 79.9. The first-order chi connectivity index (χ1) is 13.9. The van der Waals surface area contributed by atoms with Crippen molar-refractivity contribution in [3.8, 4) is 5.69 Å². The SMILES string of the molecule is Cc1cccc(C)c1-n1ncc(C(=O)NS(=O)(=O)c2cccc(Br)c2)c1C(F)(F)F. The van der Waals surface area contributed by atoms with Crippen LogP contribution in [0.4, 0.5) is 13.2 Å². The standard InChI is InChI=1S/C19H15BrF3N3O3S/c1-11-5-3-6-12(2)16(11)26-17(19(21,22)23)15(10-24-26)18(27)25-30(28,29)14-8-4-7-13(20)9-14/h3-10H,1-2H3,(H,25,27). The summed E-state index contributed by atoms with van der Waals surface area (Å²) in [5, 5.41) is 3.75. The van der Waals surface area contributed by atoms with Gasteiger partial charge in [0.1, 0.15) is 0 Å². The molecule has 6 nitrogen and oxygen atoms in total. The highest BCUT2D eigenvalue weighted by Gasteiger charge is 2.41. The number of halogens is 4. The third-order valence-corrected chi connectivity index (χ3v) is 6.09. The molecule has 30 heavy (non-hydrogen) atoms. The molecule has 0 fully saturated rings. The van der Waals surface area contributed by atoms with Crippen LogP contribution >= 0.6 is 15.9 Å². The third kappa shape index (κ3) is 4.26. The molecule has 1 heterocycles. The number of nitrogens with one attached hydrogen (secondary N) is 1. The van der Waals surface area contributed by atoms with Gasteiger partial charge in [0.05, 0.1) is 22.3 Å². The Kier molecular flexibility index (Phi) is 5.79. The van der Waals surface area contributed by atoms with Crippen LogP contribution in [0.1, 0.15) is 27.2 Å². The molecule has 3 aromatic rings. The molecule has 2 aromatic carbocycles. The minimum Gasteiger partial charge on any atom is -0.268 e. The zero-order valence-corrected chi connectivity index (χ0v) is 18.1. The predicted octanol–water partition coefficient (Wildman–Crippen LogP) is 4.39. The summed E-state index contributed by atoms with van der Waals surface area (Å²) in [4.78, 5) is 12.3. The first-order valence-corrected chi connectivity index (χ1v) is 10.7. The Balaban J connectivity index is 2.09. The number of sulfonamides is 1. The predicted molar refractivity (Wildman–Crippen MR) is 107 cm³/mol. The smallest absolute Gasteiger partial charge is 0.268 e. The fourth-order valence-electron chi connectivity index (χ4n) is 2.97. The van der Waals surface area contributed by atoms with E-state index in [0.717, 1.165) is 0 Å². The molecule has 1 amide bonds. The van der Waals surface area contributed by atoms with E-state index in [1.165, 1.54) is 18.2 Å². The molecule has 0 saturated carbocycles. The normalized spacial score (nSPS) is 12.1. The Labute approximate surface area is 178 Å². The van der Waals surface area contributed by atoms with Crippen molar-refractivity contribution >= 4 is 31.9 Å². The number of nitrogens with zero attached hydrogens (tertiary/aromatic N) is 2. The van der Waals surface area contributed by atoms with Gasteiger partial charge in [0.15, 0.2) is 5.69 Å². The number of benzene rings is 2. The lowest BCUT2D eigenvalue weighted by Gasteiger charge is -2.16. The van der Waals surface area contributed by atoms with Crippen LogP contribution in [0, 0.1) is 13.8 Å². The highest BCUT2D eigenvalue weighted by molar-refractivity contribution is 9.10. The molecule has 1 N–H and O–H groups in total. The number of carbonyl (C=O) groups excluding carboxylic acids is 1. The zero-order chi connectivity index (χ0) is 22.3. The van der Waals surface area contributed by atoms with Gasteiger partial charge in [0.25, 0.3) is 15.9 Å². The molecule has 0 saturated heterocycles. The summed E-state index contributed by atoms with van der Waals surface area (Å²) in [7, 11) is -4.40. The second-order valence-corrected chi connectivity index (χ2v) is 9.05. The molecule has 1 aromatic heterocycles. The molecular weight excluding hydrogens is 487 g/mol. The molecule has 0 radical (unpaired) electrons. The van der Waals surface area contributed by atoms with Crippen molar-refractivity contribution in [2.24, 2.45) is 0 Å². The van der Waals surface area contributed by atoms with Crippen molar-refractivity contribution < 1.29 is 26.4 Å². The molecule has 0 unspecified atom stereocenters. The van der Waals surface area contributed by atoms with Gasteiger partial charge in [-0.1, -0.05) is 40.2 Å². The molecular formula is C19H15BrF3N3O3S. The highest BCUT2D eigenvalue weighted by Crippen LogP contribution is 2.35. The van der Waals surface area contributed by atoms with Gasteiger partial charge in [-0.2, -0.15) is 18.3 Å². The lowest BCUT2D eigenvalue weighted by Crippen LogP contribution is -2.32. The van der Waals surface area contributed by atoms with Crippen molar-refractivity contribution in [2.75, 3.05) is 0 Å². The summed E-state index contributed by atoms with van der Waals surface area (Å²) >= 11 is 3.11. The second-order valence-electron chi connectivity index (χ2n) is 6.45. The number of rotatable bonds is 4. The molecule has 0 aliphatic rings. The Hall–Kier alpha value is -2.66. The fourth-order valence-corrected chi connectivity index (χ4v) is 4.53. The molecule has 11 heteroatoms. The van der Waals surface area contributed by atoms with E-state index in [4.69, 9.17) is 0 Å². The van der Waals surface area contributed by atoms with Gasteiger partial charge in [-0.05, 0) is 43.2 Å². The monoisotopic (exact) mass is 501 g/mol. The van der Waals surface area contributed by atoms with Crippen LogP contribution in [0.2, 0.25) is 0 Å². The fraction of sp³-hybridized carbons (Fsp3) is 0.158. The maximum absolute atomic E-state index is 13.9. The molecule has 0 aliphatic heterocycles. The number of hydrogen-bond acceptors (Lipinski definition) is 4. The van der Waals surface area contributed by atoms with Gasteiger partial charge in [-0.3, -0.25) is 4.79 Å². The molecule has 0 bridgehead atoms. The van der Waals surface area contributed by atoms with Crippen molar-refractivity contribution in [2.45, 2.75) is 24.9 Å². The van der Waals surface area contributed by atoms with E-state index in [-0.39, 0.29) is 10.6 Å². The maximum Gasteiger partial charge on any atom is 0.434 e. The van der Waals surface area contributed by atoms with Crippen LogP contribution in [0.5, 0.6) is 0 Å². The number of aromatic nitrogens is 2. The van der Waals surface area contributed by atoms with E-state index in [2.05, 4.69) is 21.0 Å². The quantitative estimate of drug-likeness (QED) is 0.574. The van der Waals surface area contributed by atoms with E-state index >= 15 is 0 Å². The van der Waals surface area contributed by atoms with E-state index in [1.807, 2.05) is 0 Å². The number of hydrogen-bond donors (Lipinski definition) is 1. The summed E-state index contributed by atoms with van der Waals surface area (Å²) < 4.78 is 69.2. The summed E-state index contributed by atoms with van der Waals surface area (Å²) in [5.41, 5.74) is -1.07. The van der Waals surface area contributed by atoms with Crippen LogP contribution in [0.3, 0.4) is 0 Å². The number of para-hydroxylation sites is 1. The Bertz CT molecular complexity index is 1220. The minimum atomic E-state index is -4.96. The van der Waals surface area contributed by atoms with Crippen LogP contribution in [0.15, 0.2) is 58.0 Å². The minimum absolute atomic E-state index is 0.165. The summed E-state index contributed by atoms with van der Waals surface area (Å²) in [6, 6.07) is 10.3. The van der Waals surface area contributed by atoms with Crippen molar-refractivity contribution in [1.82, 2.24) is 14.5 Å². The van der Waals surface area contributed by atoms with E-state index in [9.17, 15) is 26.4 Å². The molecule has 0 aliphatic carbocycles. The Morgan fingerprint density at radius 3 is 2.27 bits per heavy atom. The summed E-state index contributed by atoms with van der Waals surface area (Å²) in [6.45, 7) is 3.23. The van der Waals surface area contributed by atoms with Gasteiger partial charge in [-0.15, -0.1) is 0 Å². The molecule has 3 rings (SSSR count). The second kappa shape index (κ2) is 7.88. The first-order valence-electron chi connectivity index (χ1n) is 8.46. The van der Waals surface area contributed by atoms with Gasteiger partial charge >= 0.3 is 6.18 Å². The van der Waals surface area contributed by atoms with Crippen molar-refractivity contribution in [3.05, 3.63) is 75.5 Å². The number of aryl methyl sites for hydroxylation is 2. The maximum atomic E-state index is 13.9. The third-order valence-electron chi connectivity index (χ3n) is 4.27.